The molecule has 1 aliphatic carbocycles. The quantitative estimate of drug-likeness (QED) is 0.706. The van der Waals surface area contributed by atoms with Crippen molar-refractivity contribution in [2.45, 2.75) is 39.7 Å². The van der Waals surface area contributed by atoms with Crippen molar-refractivity contribution in [3.8, 4) is 0 Å². The maximum Gasteiger partial charge on any atom is 0.317 e. The Morgan fingerprint density at radius 1 is 1.27 bits per heavy atom. The van der Waals surface area contributed by atoms with E-state index in [1.165, 1.54) is 12.8 Å². The topological polar surface area (TPSA) is 32.3 Å². The van der Waals surface area contributed by atoms with E-state index >= 15 is 0 Å². The molecule has 1 unspecified atom stereocenters. The molecule has 0 aromatic heterocycles. The maximum atomic E-state index is 11.8. The maximum absolute atomic E-state index is 11.8. The predicted octanol–water partition coefficient (Wildman–Crippen LogP) is 2.08. The third kappa shape index (κ3) is 2.27. The number of carbonyl (C=O) groups is 1. The predicted molar refractivity (Wildman–Crippen MR) is 60.6 cm³/mol. The second kappa shape index (κ2) is 4.03. The fraction of sp³-hybridized carbons (Fsp3) is 0.917. The largest absolute Gasteiger partial charge is 0.336 e. The fourth-order valence-electron chi connectivity index (χ4n) is 3.11. The van der Waals surface area contributed by atoms with Gasteiger partial charge in [0.05, 0.1) is 0 Å². The Balaban J connectivity index is 1.86. The third-order valence-corrected chi connectivity index (χ3v) is 3.69. The number of nitrogens with one attached hydrogen (secondary N) is 1. The molecule has 2 rings (SSSR count). The monoisotopic (exact) mass is 210 g/mol. The number of nitrogens with zero attached hydrogens (tertiary/aromatic N) is 1. The molecule has 0 spiro atoms. The van der Waals surface area contributed by atoms with Crippen LogP contribution in [0.15, 0.2) is 0 Å². The minimum absolute atomic E-state index is 0.132. The van der Waals surface area contributed by atoms with Crippen LogP contribution in [0.3, 0.4) is 0 Å². The molecule has 0 bridgehead atoms. The number of likely N-dealkylation sites (tertiary alicyclic amines) is 1. The average molecular weight is 210 g/mol. The molecule has 1 aliphatic heterocycles. The Kier molecular flexibility index (Phi) is 2.89. The molecule has 86 valence electrons. The number of carbonyl (C=O) groups excluding carboxylic acids is 1. The number of urea groups is 1. The van der Waals surface area contributed by atoms with Gasteiger partial charge in [-0.05, 0) is 44.4 Å². The summed E-state index contributed by atoms with van der Waals surface area (Å²) in [7, 11) is 0. The van der Waals surface area contributed by atoms with Gasteiger partial charge in [-0.2, -0.15) is 0 Å². The Bertz CT molecular complexity index is 238. The van der Waals surface area contributed by atoms with E-state index in [1.54, 1.807) is 0 Å². The van der Waals surface area contributed by atoms with Crippen molar-refractivity contribution in [1.82, 2.24) is 10.2 Å². The van der Waals surface area contributed by atoms with Crippen LogP contribution in [0.4, 0.5) is 4.79 Å². The van der Waals surface area contributed by atoms with Gasteiger partial charge in [-0.1, -0.05) is 6.92 Å². The van der Waals surface area contributed by atoms with Crippen LogP contribution in [0.5, 0.6) is 0 Å². The summed E-state index contributed by atoms with van der Waals surface area (Å²) >= 11 is 0. The van der Waals surface area contributed by atoms with Crippen LogP contribution in [-0.4, -0.2) is 30.1 Å². The van der Waals surface area contributed by atoms with E-state index in [1.807, 2.05) is 18.7 Å². The van der Waals surface area contributed by atoms with Crippen molar-refractivity contribution in [3.05, 3.63) is 0 Å². The van der Waals surface area contributed by atoms with E-state index in [9.17, 15) is 4.79 Å². The van der Waals surface area contributed by atoms with Crippen molar-refractivity contribution in [3.63, 3.8) is 0 Å². The highest BCUT2D eigenvalue weighted by Gasteiger charge is 2.40. The van der Waals surface area contributed by atoms with Crippen LogP contribution >= 0.6 is 0 Å². The van der Waals surface area contributed by atoms with Crippen LogP contribution in [0.25, 0.3) is 0 Å². The number of fused-ring (bicyclic) bond motifs is 1. The fourth-order valence-corrected chi connectivity index (χ4v) is 3.11. The van der Waals surface area contributed by atoms with Crippen molar-refractivity contribution >= 4 is 6.03 Å². The highest BCUT2D eigenvalue weighted by atomic mass is 16.2. The third-order valence-electron chi connectivity index (χ3n) is 3.69. The lowest BCUT2D eigenvalue weighted by Crippen LogP contribution is -2.42. The summed E-state index contributed by atoms with van der Waals surface area (Å²) in [6.07, 6.45) is 2.63. The van der Waals surface area contributed by atoms with Crippen molar-refractivity contribution in [2.75, 3.05) is 13.1 Å². The molecule has 0 aromatic carbocycles. The van der Waals surface area contributed by atoms with Gasteiger partial charge in [-0.25, -0.2) is 4.79 Å². The van der Waals surface area contributed by atoms with Crippen LogP contribution in [0.1, 0.15) is 33.6 Å². The zero-order chi connectivity index (χ0) is 11.0. The highest BCUT2D eigenvalue weighted by molar-refractivity contribution is 5.74. The molecule has 1 N–H and O–H groups in total. The number of rotatable bonds is 1. The van der Waals surface area contributed by atoms with Gasteiger partial charge in [0, 0.05) is 19.1 Å². The summed E-state index contributed by atoms with van der Waals surface area (Å²) in [6, 6.07) is 0.379. The molecule has 2 fully saturated rings. The van der Waals surface area contributed by atoms with Crippen LogP contribution < -0.4 is 5.32 Å². The Morgan fingerprint density at radius 3 is 2.27 bits per heavy atom. The van der Waals surface area contributed by atoms with Crippen LogP contribution in [0, 0.1) is 17.8 Å². The van der Waals surface area contributed by atoms with Gasteiger partial charge in [-0.15, -0.1) is 0 Å². The first-order valence-electron chi connectivity index (χ1n) is 6.11. The van der Waals surface area contributed by atoms with E-state index in [0.717, 1.165) is 30.8 Å². The average Bonchev–Trinajstić information content (AvgIpc) is 2.58. The van der Waals surface area contributed by atoms with Gasteiger partial charge >= 0.3 is 6.03 Å². The molecule has 2 amide bonds. The van der Waals surface area contributed by atoms with E-state index in [2.05, 4.69) is 12.2 Å². The van der Waals surface area contributed by atoms with Gasteiger partial charge in [0.25, 0.3) is 0 Å². The second-order valence-corrected chi connectivity index (χ2v) is 5.61. The molecule has 1 saturated carbocycles. The van der Waals surface area contributed by atoms with Gasteiger partial charge in [0.2, 0.25) is 0 Å². The van der Waals surface area contributed by atoms with E-state index in [4.69, 9.17) is 0 Å². The van der Waals surface area contributed by atoms with Gasteiger partial charge in [-0.3, -0.25) is 0 Å². The Hall–Kier alpha value is -0.730. The number of hydrogen-bond donors (Lipinski definition) is 1. The highest BCUT2D eigenvalue weighted by Crippen LogP contribution is 2.41. The van der Waals surface area contributed by atoms with Gasteiger partial charge < -0.3 is 10.2 Å². The van der Waals surface area contributed by atoms with Crippen molar-refractivity contribution in [2.24, 2.45) is 17.8 Å². The second-order valence-electron chi connectivity index (χ2n) is 5.61. The Morgan fingerprint density at radius 2 is 1.80 bits per heavy atom. The van der Waals surface area contributed by atoms with E-state index < -0.39 is 0 Å². The lowest BCUT2D eigenvalue weighted by atomic mass is 10.0. The molecule has 2 aliphatic rings. The van der Waals surface area contributed by atoms with Crippen molar-refractivity contribution < 1.29 is 4.79 Å². The first kappa shape index (κ1) is 10.8. The molecule has 1 saturated heterocycles. The van der Waals surface area contributed by atoms with Crippen LogP contribution in [0.2, 0.25) is 0 Å². The molecular formula is C12H22N2O. The van der Waals surface area contributed by atoms with Crippen molar-refractivity contribution in [1.29, 1.82) is 0 Å². The molecule has 0 radical (unpaired) electrons. The number of hydrogen-bond acceptors (Lipinski definition) is 1. The minimum atomic E-state index is 0.132. The molecule has 3 heteroatoms. The van der Waals surface area contributed by atoms with Gasteiger partial charge in [0.1, 0.15) is 0 Å². The SMILES string of the molecule is CC1C[C@@H]2CN(C(=O)NC(C)C)C[C@@H]2C1. The lowest BCUT2D eigenvalue weighted by Gasteiger charge is -2.20. The Labute approximate surface area is 92.2 Å². The molecule has 15 heavy (non-hydrogen) atoms. The van der Waals surface area contributed by atoms with E-state index in [0.29, 0.717) is 0 Å². The zero-order valence-corrected chi connectivity index (χ0v) is 9.99. The van der Waals surface area contributed by atoms with Crippen LogP contribution in [-0.2, 0) is 0 Å². The minimum Gasteiger partial charge on any atom is -0.336 e. The summed E-state index contributed by atoms with van der Waals surface area (Å²) in [5.41, 5.74) is 0. The summed E-state index contributed by atoms with van der Waals surface area (Å²) in [6.45, 7) is 8.31. The first-order chi connectivity index (χ1) is 7.06. The lowest BCUT2D eigenvalue weighted by molar-refractivity contribution is 0.201. The molecule has 1 heterocycles. The summed E-state index contributed by atoms with van der Waals surface area (Å²) in [5.74, 6) is 2.42. The zero-order valence-electron chi connectivity index (χ0n) is 9.99. The van der Waals surface area contributed by atoms with Gasteiger partial charge in [0.15, 0.2) is 0 Å². The summed E-state index contributed by atoms with van der Waals surface area (Å²) in [4.78, 5) is 13.8. The summed E-state index contributed by atoms with van der Waals surface area (Å²) < 4.78 is 0. The normalized spacial score (nSPS) is 34.7. The molecule has 0 aromatic rings. The summed E-state index contributed by atoms with van der Waals surface area (Å²) in [5, 5.41) is 2.97. The number of amides is 2. The van der Waals surface area contributed by atoms with E-state index in [-0.39, 0.29) is 12.1 Å². The molecule has 3 atom stereocenters. The first-order valence-corrected chi connectivity index (χ1v) is 6.11. The molecule has 3 nitrogen and oxygen atoms in total. The smallest absolute Gasteiger partial charge is 0.317 e. The standard InChI is InChI=1S/C12H22N2O/c1-8(2)13-12(15)14-6-10-4-9(3)5-11(10)7-14/h8-11H,4-7H2,1-3H3,(H,13,15)/t9?,10-,11+. The molecular weight excluding hydrogens is 188 g/mol.